The van der Waals surface area contributed by atoms with Crippen molar-refractivity contribution in [3.05, 3.63) is 52.7 Å². The number of aliphatic imine (C=N–C) groups is 1. The number of nitrogens with zero attached hydrogens (tertiary/aromatic N) is 3. The summed E-state index contributed by atoms with van der Waals surface area (Å²) >= 11 is 1.88. The average molecular weight is 426 g/mol. The summed E-state index contributed by atoms with van der Waals surface area (Å²) in [4.78, 5) is 11.5. The van der Waals surface area contributed by atoms with Crippen LogP contribution in [-0.2, 0) is 0 Å². The van der Waals surface area contributed by atoms with Gasteiger partial charge in [-0.25, -0.2) is 0 Å². The van der Waals surface area contributed by atoms with E-state index in [9.17, 15) is 0 Å². The molecule has 0 saturated carbocycles. The van der Waals surface area contributed by atoms with E-state index in [2.05, 4.69) is 82.2 Å². The van der Waals surface area contributed by atoms with Gasteiger partial charge in [-0.3, -0.25) is 9.89 Å². The van der Waals surface area contributed by atoms with Gasteiger partial charge in [-0.05, 0) is 69.3 Å². The fourth-order valence-electron chi connectivity index (χ4n) is 4.83. The van der Waals surface area contributed by atoms with E-state index >= 15 is 0 Å². The van der Waals surface area contributed by atoms with Crippen molar-refractivity contribution in [3.8, 4) is 0 Å². The molecule has 2 aliphatic heterocycles. The first-order valence-corrected chi connectivity index (χ1v) is 12.2. The number of benzene rings is 1. The van der Waals surface area contributed by atoms with Crippen molar-refractivity contribution in [1.82, 2.24) is 15.5 Å². The maximum atomic E-state index is 5.05. The molecule has 3 unspecified atom stereocenters. The topological polar surface area (TPSA) is 42.9 Å². The van der Waals surface area contributed by atoms with Crippen LogP contribution in [0.4, 0.5) is 5.69 Å². The molecule has 2 N–H and O–H groups in total. The van der Waals surface area contributed by atoms with Gasteiger partial charge in [-0.1, -0.05) is 24.3 Å². The molecule has 2 fully saturated rings. The summed E-state index contributed by atoms with van der Waals surface area (Å²) in [6, 6.07) is 16.1. The highest BCUT2D eigenvalue weighted by atomic mass is 32.1. The molecule has 162 valence electrons. The number of thiophene rings is 1. The number of anilines is 1. The predicted octanol–water partition coefficient (Wildman–Crippen LogP) is 3.97. The summed E-state index contributed by atoms with van der Waals surface area (Å²) < 4.78 is 0. The molecule has 4 rings (SSSR count). The molecule has 3 atom stereocenters. The fraction of sp³-hybridized carbons (Fsp3) is 0.542. The smallest absolute Gasteiger partial charge is 0.191 e. The Bertz CT molecular complexity index is 791. The second-order valence-corrected chi connectivity index (χ2v) is 9.45. The Hall–Kier alpha value is -2.05. The predicted molar refractivity (Wildman–Crippen MR) is 129 cm³/mol. The molecular weight excluding hydrogens is 390 g/mol. The number of hydrogen-bond acceptors (Lipinski definition) is 4. The first-order valence-electron chi connectivity index (χ1n) is 11.3. The Labute approximate surface area is 185 Å². The first-order chi connectivity index (χ1) is 14.7. The monoisotopic (exact) mass is 425 g/mol. The van der Waals surface area contributed by atoms with Gasteiger partial charge in [0.25, 0.3) is 0 Å². The van der Waals surface area contributed by atoms with Crippen LogP contribution in [0.1, 0.15) is 37.1 Å². The van der Waals surface area contributed by atoms with Gasteiger partial charge in [-0.2, -0.15) is 0 Å². The molecule has 2 aromatic rings. The van der Waals surface area contributed by atoms with E-state index in [1.54, 1.807) is 0 Å². The quantitative estimate of drug-likeness (QED) is 0.543. The van der Waals surface area contributed by atoms with Crippen LogP contribution in [0.3, 0.4) is 0 Å². The fourth-order valence-corrected chi connectivity index (χ4v) is 5.82. The molecule has 0 amide bonds. The van der Waals surface area contributed by atoms with Crippen LogP contribution in [0.25, 0.3) is 0 Å². The van der Waals surface area contributed by atoms with Crippen LogP contribution in [0.15, 0.2) is 52.8 Å². The van der Waals surface area contributed by atoms with Gasteiger partial charge in [0, 0.05) is 48.8 Å². The zero-order valence-corrected chi connectivity index (χ0v) is 19.1. The molecule has 5 nitrogen and oxygen atoms in total. The number of likely N-dealkylation sites (tertiary alicyclic amines) is 1. The van der Waals surface area contributed by atoms with Crippen molar-refractivity contribution in [2.45, 2.75) is 38.3 Å². The summed E-state index contributed by atoms with van der Waals surface area (Å²) in [5, 5.41) is 9.37. The zero-order valence-electron chi connectivity index (χ0n) is 18.3. The van der Waals surface area contributed by atoms with Gasteiger partial charge in [0.05, 0.1) is 0 Å². The van der Waals surface area contributed by atoms with Crippen molar-refractivity contribution >= 4 is 23.0 Å². The molecule has 1 aromatic heterocycles. The molecule has 0 aliphatic carbocycles. The summed E-state index contributed by atoms with van der Waals surface area (Å²) in [6.07, 6.45) is 3.65. The Morgan fingerprint density at radius 3 is 2.77 bits per heavy atom. The Morgan fingerprint density at radius 1 is 1.13 bits per heavy atom. The van der Waals surface area contributed by atoms with E-state index in [4.69, 9.17) is 4.99 Å². The lowest BCUT2D eigenvalue weighted by Gasteiger charge is -2.38. The lowest BCUT2D eigenvalue weighted by molar-refractivity contribution is 0.128. The molecule has 1 aromatic carbocycles. The summed E-state index contributed by atoms with van der Waals surface area (Å²) in [5.74, 6) is 1.54. The van der Waals surface area contributed by atoms with E-state index in [0.717, 1.165) is 38.6 Å². The van der Waals surface area contributed by atoms with Crippen LogP contribution < -0.4 is 15.5 Å². The van der Waals surface area contributed by atoms with Crippen LogP contribution in [0, 0.1) is 5.92 Å². The van der Waals surface area contributed by atoms with Crippen molar-refractivity contribution in [2.75, 3.05) is 44.7 Å². The zero-order chi connectivity index (χ0) is 20.8. The minimum Gasteiger partial charge on any atom is -0.369 e. The highest BCUT2D eigenvalue weighted by Crippen LogP contribution is 2.37. The molecule has 0 bridgehead atoms. The molecule has 0 spiro atoms. The van der Waals surface area contributed by atoms with Gasteiger partial charge < -0.3 is 15.5 Å². The van der Waals surface area contributed by atoms with Gasteiger partial charge in [0.1, 0.15) is 0 Å². The minimum atomic E-state index is 0.435. The Balaban J connectivity index is 1.39. The standard InChI is InChI=1S/C24H35N5S/c1-3-25-24(27-20-13-15-29(18-20)21-10-5-4-6-11-21)26-17-19-9-7-14-28(2)23(19)22-12-8-16-30-22/h4-6,8,10-12,16,19-20,23H,3,7,9,13-15,17-18H2,1-2H3,(H2,25,26,27). The van der Waals surface area contributed by atoms with Crippen LogP contribution >= 0.6 is 11.3 Å². The van der Waals surface area contributed by atoms with E-state index in [0.29, 0.717) is 18.0 Å². The highest BCUT2D eigenvalue weighted by molar-refractivity contribution is 7.10. The number of rotatable bonds is 6. The normalized spacial score (nSPS) is 25.5. The lowest BCUT2D eigenvalue weighted by atomic mass is 9.88. The molecular formula is C24H35N5S. The van der Waals surface area contributed by atoms with Crippen LogP contribution in [0.5, 0.6) is 0 Å². The maximum absolute atomic E-state index is 5.05. The van der Waals surface area contributed by atoms with Gasteiger partial charge in [-0.15, -0.1) is 11.3 Å². The summed E-state index contributed by atoms with van der Waals surface area (Å²) in [7, 11) is 2.26. The third-order valence-corrected chi connectivity index (χ3v) is 7.26. The second-order valence-electron chi connectivity index (χ2n) is 8.47. The van der Waals surface area contributed by atoms with Crippen molar-refractivity contribution in [2.24, 2.45) is 10.9 Å². The van der Waals surface area contributed by atoms with Gasteiger partial charge in [0.2, 0.25) is 0 Å². The number of piperidine rings is 1. The lowest BCUT2D eigenvalue weighted by Crippen LogP contribution is -2.45. The van der Waals surface area contributed by atoms with E-state index in [1.165, 1.54) is 30.0 Å². The van der Waals surface area contributed by atoms with Crippen LogP contribution in [0.2, 0.25) is 0 Å². The molecule has 3 heterocycles. The molecule has 2 aliphatic rings. The number of nitrogens with one attached hydrogen (secondary N) is 2. The van der Waals surface area contributed by atoms with Gasteiger partial charge >= 0.3 is 0 Å². The Morgan fingerprint density at radius 2 is 2.00 bits per heavy atom. The molecule has 2 saturated heterocycles. The highest BCUT2D eigenvalue weighted by Gasteiger charge is 2.31. The first kappa shape index (κ1) is 21.2. The SMILES string of the molecule is CCNC(=NCC1CCCN(C)C1c1cccs1)NC1CCN(c2ccccc2)C1. The van der Waals surface area contributed by atoms with E-state index in [1.807, 2.05) is 11.3 Å². The van der Waals surface area contributed by atoms with E-state index < -0.39 is 0 Å². The summed E-state index contributed by atoms with van der Waals surface area (Å²) in [6.45, 7) is 7.20. The average Bonchev–Trinajstić information content (AvgIpc) is 3.45. The van der Waals surface area contributed by atoms with Crippen molar-refractivity contribution in [3.63, 3.8) is 0 Å². The van der Waals surface area contributed by atoms with Crippen molar-refractivity contribution in [1.29, 1.82) is 0 Å². The maximum Gasteiger partial charge on any atom is 0.191 e. The van der Waals surface area contributed by atoms with E-state index in [-0.39, 0.29) is 0 Å². The third kappa shape index (κ3) is 5.16. The second kappa shape index (κ2) is 10.3. The van der Waals surface area contributed by atoms with Crippen molar-refractivity contribution < 1.29 is 0 Å². The third-order valence-electron chi connectivity index (χ3n) is 6.32. The number of guanidine groups is 1. The Kier molecular flexibility index (Phi) is 7.28. The minimum absolute atomic E-state index is 0.435. The largest absolute Gasteiger partial charge is 0.369 e. The van der Waals surface area contributed by atoms with Crippen LogP contribution in [-0.4, -0.2) is 56.7 Å². The van der Waals surface area contributed by atoms with Gasteiger partial charge in [0.15, 0.2) is 5.96 Å². The summed E-state index contributed by atoms with van der Waals surface area (Å²) in [5.41, 5.74) is 1.31. The molecule has 6 heteroatoms. The number of hydrogen-bond donors (Lipinski definition) is 2. The molecule has 30 heavy (non-hydrogen) atoms. The molecule has 0 radical (unpaired) electrons. The number of para-hydroxylation sites is 1.